The van der Waals surface area contributed by atoms with Gasteiger partial charge in [0.15, 0.2) is 4.77 Å². The molecule has 150 valence electrons. The van der Waals surface area contributed by atoms with Crippen molar-refractivity contribution in [2.75, 3.05) is 20.8 Å². The number of H-pyrrole nitrogens is 1. The number of nitrogens with one attached hydrogen (secondary N) is 1. The predicted octanol–water partition coefficient (Wildman–Crippen LogP) is 4.53. The Hall–Kier alpha value is -3.06. The zero-order chi connectivity index (χ0) is 20.4. The van der Waals surface area contributed by atoms with E-state index in [1.54, 1.807) is 20.4 Å². The number of ether oxygens (including phenoxy) is 2. The zero-order valence-electron chi connectivity index (χ0n) is 16.4. The number of likely N-dealkylation sites (tertiary alicyclic amines) is 1. The van der Waals surface area contributed by atoms with Gasteiger partial charge in [-0.05, 0) is 67.5 Å². The van der Waals surface area contributed by atoms with Gasteiger partial charge in [0.05, 0.1) is 20.3 Å². The van der Waals surface area contributed by atoms with E-state index in [-0.39, 0.29) is 11.9 Å². The largest absolute Gasteiger partial charge is 0.497 e. The number of aromatic nitrogens is 2. The molecule has 1 fully saturated rings. The number of carbonyl (C=O) groups excluding carboxylic acids is 1. The summed E-state index contributed by atoms with van der Waals surface area (Å²) in [6, 6.07) is 13.2. The average Bonchev–Trinajstić information content (AvgIpc) is 3.42. The van der Waals surface area contributed by atoms with Crippen LogP contribution in [0.3, 0.4) is 0 Å². The Morgan fingerprint density at radius 1 is 1.14 bits per heavy atom. The normalized spacial score (nSPS) is 16.1. The van der Waals surface area contributed by atoms with Crippen molar-refractivity contribution in [3.8, 4) is 17.2 Å². The van der Waals surface area contributed by atoms with Gasteiger partial charge in [-0.2, -0.15) is 0 Å². The first-order chi connectivity index (χ1) is 14.1. The molecule has 1 amide bonds. The van der Waals surface area contributed by atoms with E-state index in [1.807, 2.05) is 58.1 Å². The van der Waals surface area contributed by atoms with E-state index in [9.17, 15) is 4.79 Å². The van der Waals surface area contributed by atoms with Crippen LogP contribution in [0.2, 0.25) is 0 Å². The smallest absolute Gasteiger partial charge is 0.254 e. The number of benzene rings is 2. The van der Waals surface area contributed by atoms with Gasteiger partial charge in [0.25, 0.3) is 5.91 Å². The Balaban J connectivity index is 1.62. The molecular weight excluding hydrogens is 386 g/mol. The Morgan fingerprint density at radius 3 is 2.59 bits per heavy atom. The predicted molar refractivity (Wildman–Crippen MR) is 114 cm³/mol. The van der Waals surface area contributed by atoms with Crippen molar-refractivity contribution in [1.29, 1.82) is 0 Å². The van der Waals surface area contributed by atoms with Crippen LogP contribution >= 0.6 is 12.2 Å². The Kier molecular flexibility index (Phi) is 5.40. The summed E-state index contributed by atoms with van der Waals surface area (Å²) in [5.74, 6) is 1.54. The summed E-state index contributed by atoms with van der Waals surface area (Å²) in [4.78, 5) is 18.2. The van der Waals surface area contributed by atoms with Crippen LogP contribution in [0.5, 0.6) is 11.5 Å². The van der Waals surface area contributed by atoms with Crippen LogP contribution in [0.4, 0.5) is 0 Å². The number of rotatable bonds is 5. The third-order valence-electron chi connectivity index (χ3n) is 5.35. The van der Waals surface area contributed by atoms with Gasteiger partial charge in [0, 0.05) is 35.8 Å². The van der Waals surface area contributed by atoms with Gasteiger partial charge in [0.2, 0.25) is 0 Å². The Labute approximate surface area is 174 Å². The molecule has 0 radical (unpaired) electrons. The van der Waals surface area contributed by atoms with Gasteiger partial charge < -0.3 is 19.4 Å². The summed E-state index contributed by atoms with van der Waals surface area (Å²) >= 11 is 5.26. The first kappa shape index (κ1) is 19.3. The number of nitrogens with zero attached hydrogens (tertiary/aromatic N) is 2. The lowest BCUT2D eigenvalue weighted by molar-refractivity contribution is 0.0734. The monoisotopic (exact) mass is 409 g/mol. The van der Waals surface area contributed by atoms with Gasteiger partial charge in [-0.25, -0.2) is 0 Å². The van der Waals surface area contributed by atoms with Crippen molar-refractivity contribution in [3.05, 3.63) is 70.8 Å². The minimum absolute atomic E-state index is 0.0154. The van der Waals surface area contributed by atoms with Crippen molar-refractivity contribution in [3.63, 3.8) is 0 Å². The third kappa shape index (κ3) is 3.65. The number of imidazole rings is 1. The first-order valence-corrected chi connectivity index (χ1v) is 9.92. The fraction of sp³-hybridized carbons (Fsp3) is 0.273. The van der Waals surface area contributed by atoms with Crippen LogP contribution < -0.4 is 9.47 Å². The van der Waals surface area contributed by atoms with Crippen molar-refractivity contribution in [1.82, 2.24) is 14.5 Å². The summed E-state index contributed by atoms with van der Waals surface area (Å²) in [5.41, 5.74) is 2.55. The molecule has 1 aromatic heterocycles. The molecule has 6 nitrogen and oxygen atoms in total. The molecule has 1 saturated heterocycles. The fourth-order valence-electron chi connectivity index (χ4n) is 3.89. The molecule has 1 atom stereocenters. The highest BCUT2D eigenvalue weighted by atomic mass is 32.1. The van der Waals surface area contributed by atoms with Crippen molar-refractivity contribution < 1.29 is 14.3 Å². The van der Waals surface area contributed by atoms with E-state index >= 15 is 0 Å². The molecule has 2 heterocycles. The second-order valence-corrected chi connectivity index (χ2v) is 7.33. The molecule has 0 bridgehead atoms. The second kappa shape index (κ2) is 8.13. The lowest BCUT2D eigenvalue weighted by Gasteiger charge is -2.27. The molecule has 4 rings (SSSR count). The van der Waals surface area contributed by atoms with E-state index in [1.165, 1.54) is 0 Å². The van der Waals surface area contributed by atoms with Gasteiger partial charge >= 0.3 is 0 Å². The molecule has 29 heavy (non-hydrogen) atoms. The first-order valence-electron chi connectivity index (χ1n) is 9.51. The minimum atomic E-state index is -0.0366. The van der Waals surface area contributed by atoms with Gasteiger partial charge in [0.1, 0.15) is 11.5 Å². The Morgan fingerprint density at radius 2 is 1.93 bits per heavy atom. The van der Waals surface area contributed by atoms with Gasteiger partial charge in [-0.3, -0.25) is 9.36 Å². The Bertz CT molecular complexity index is 1070. The number of amides is 1. The molecule has 1 aliphatic heterocycles. The molecular formula is C22H23N3O3S. The van der Waals surface area contributed by atoms with Crippen LogP contribution in [-0.4, -0.2) is 41.1 Å². The van der Waals surface area contributed by atoms with Crippen LogP contribution in [-0.2, 0) is 0 Å². The molecule has 2 aromatic carbocycles. The zero-order valence-corrected chi connectivity index (χ0v) is 17.2. The molecule has 0 spiro atoms. The van der Waals surface area contributed by atoms with E-state index in [2.05, 4.69) is 4.98 Å². The standard InChI is InChI=1S/C22H23N3O3S/c1-27-17-9-10-20(28-2)18(14-17)19-4-3-12-25(19)21(26)15-5-7-16(8-6-15)24-13-11-23-22(24)29/h5-11,13-14,19H,3-4,12H2,1-2H3,(H,23,29)/t19-/m0/s1. The van der Waals surface area contributed by atoms with Crippen molar-refractivity contribution in [2.45, 2.75) is 18.9 Å². The lowest BCUT2D eigenvalue weighted by Crippen LogP contribution is -2.30. The molecule has 7 heteroatoms. The van der Waals surface area contributed by atoms with Gasteiger partial charge in [-0.1, -0.05) is 0 Å². The summed E-state index contributed by atoms with van der Waals surface area (Å²) < 4.78 is 13.4. The maximum Gasteiger partial charge on any atom is 0.254 e. The lowest BCUT2D eigenvalue weighted by atomic mass is 10.0. The number of hydrogen-bond acceptors (Lipinski definition) is 4. The molecule has 3 aromatic rings. The second-order valence-electron chi connectivity index (χ2n) is 6.95. The topological polar surface area (TPSA) is 59.5 Å². The summed E-state index contributed by atoms with van der Waals surface area (Å²) in [5, 5.41) is 0. The number of carbonyl (C=O) groups is 1. The quantitative estimate of drug-likeness (QED) is 0.629. The van der Waals surface area contributed by atoms with Crippen molar-refractivity contribution >= 4 is 18.1 Å². The molecule has 0 unspecified atom stereocenters. The highest BCUT2D eigenvalue weighted by molar-refractivity contribution is 7.71. The summed E-state index contributed by atoms with van der Waals surface area (Å²) in [6.45, 7) is 0.717. The van der Waals surface area contributed by atoms with Crippen molar-refractivity contribution in [2.24, 2.45) is 0 Å². The van der Waals surface area contributed by atoms with E-state index < -0.39 is 0 Å². The highest BCUT2D eigenvalue weighted by Crippen LogP contribution is 2.39. The van der Waals surface area contributed by atoms with Crippen LogP contribution in [0.15, 0.2) is 54.9 Å². The minimum Gasteiger partial charge on any atom is -0.497 e. The van der Waals surface area contributed by atoms with Gasteiger partial charge in [-0.15, -0.1) is 0 Å². The highest BCUT2D eigenvalue weighted by Gasteiger charge is 2.32. The number of methoxy groups -OCH3 is 2. The third-order valence-corrected chi connectivity index (χ3v) is 5.67. The van der Waals surface area contributed by atoms with Crippen LogP contribution in [0, 0.1) is 4.77 Å². The maximum atomic E-state index is 13.3. The average molecular weight is 410 g/mol. The molecule has 0 saturated carbocycles. The summed E-state index contributed by atoms with van der Waals surface area (Å²) in [6.07, 6.45) is 5.50. The van der Waals surface area contributed by atoms with Crippen LogP contribution in [0.1, 0.15) is 34.8 Å². The maximum absolute atomic E-state index is 13.3. The molecule has 1 N–H and O–H groups in total. The van der Waals surface area contributed by atoms with E-state index in [0.717, 1.165) is 35.6 Å². The van der Waals surface area contributed by atoms with Crippen LogP contribution in [0.25, 0.3) is 5.69 Å². The van der Waals surface area contributed by atoms with E-state index in [4.69, 9.17) is 21.7 Å². The number of aromatic amines is 1. The number of hydrogen-bond donors (Lipinski definition) is 1. The fourth-order valence-corrected chi connectivity index (χ4v) is 4.12. The van der Waals surface area contributed by atoms with E-state index in [0.29, 0.717) is 16.9 Å². The molecule has 0 aliphatic carbocycles. The summed E-state index contributed by atoms with van der Waals surface area (Å²) in [7, 11) is 3.29. The molecule has 1 aliphatic rings. The SMILES string of the molecule is COc1ccc(OC)c([C@@H]2CCCN2C(=O)c2ccc(-n3cc[nH]c3=S)cc2)c1.